The Balaban J connectivity index is 0.00000128. The van der Waals surface area contributed by atoms with E-state index in [1.54, 1.807) is 0 Å². The van der Waals surface area contributed by atoms with E-state index in [1.807, 2.05) is 18.2 Å². The monoisotopic (exact) mass is 241 g/mol. The molecule has 0 spiro atoms. The number of carbonyl (C=O) groups excluding carboxylic acids is 1. The van der Waals surface area contributed by atoms with Crippen molar-refractivity contribution in [2.24, 2.45) is 0 Å². The lowest BCUT2D eigenvalue weighted by Crippen LogP contribution is -2.33. The molecule has 0 amide bonds. The standard InChI is InChI=1S/C12H15NO2.ClH/c1-15-12(14)11-8-7-10(13-11)9-5-3-2-4-6-9;/h2-6,10-11,13H,7-8H2,1H3;1H/t10-,11-;/m1./s1. The maximum absolute atomic E-state index is 11.3. The molecular weight excluding hydrogens is 226 g/mol. The first-order valence-corrected chi connectivity index (χ1v) is 5.20. The molecule has 3 nitrogen and oxygen atoms in total. The smallest absolute Gasteiger partial charge is 0.322 e. The molecule has 2 atom stereocenters. The lowest BCUT2D eigenvalue weighted by atomic mass is 10.1. The van der Waals surface area contributed by atoms with E-state index in [0.717, 1.165) is 12.8 Å². The van der Waals surface area contributed by atoms with Crippen molar-refractivity contribution >= 4 is 18.4 Å². The van der Waals surface area contributed by atoms with Gasteiger partial charge < -0.3 is 4.74 Å². The highest BCUT2D eigenvalue weighted by Gasteiger charge is 2.30. The van der Waals surface area contributed by atoms with Gasteiger partial charge in [-0.2, -0.15) is 0 Å². The van der Waals surface area contributed by atoms with Crippen LogP contribution in [0.3, 0.4) is 0 Å². The average Bonchev–Trinajstić information content (AvgIpc) is 2.78. The van der Waals surface area contributed by atoms with E-state index < -0.39 is 0 Å². The average molecular weight is 242 g/mol. The zero-order chi connectivity index (χ0) is 10.7. The Morgan fingerprint density at radius 2 is 2.00 bits per heavy atom. The number of esters is 1. The summed E-state index contributed by atoms with van der Waals surface area (Å²) >= 11 is 0. The highest BCUT2D eigenvalue weighted by Crippen LogP contribution is 2.26. The van der Waals surface area contributed by atoms with Crippen LogP contribution in [0.15, 0.2) is 30.3 Å². The first-order valence-electron chi connectivity index (χ1n) is 5.20. The van der Waals surface area contributed by atoms with Gasteiger partial charge in [0.25, 0.3) is 0 Å². The molecule has 0 aliphatic carbocycles. The number of nitrogens with one attached hydrogen (secondary N) is 1. The van der Waals surface area contributed by atoms with Crippen LogP contribution in [-0.4, -0.2) is 19.1 Å². The normalized spacial score (nSPS) is 23.6. The van der Waals surface area contributed by atoms with Gasteiger partial charge in [0.1, 0.15) is 6.04 Å². The molecule has 1 heterocycles. The summed E-state index contributed by atoms with van der Waals surface area (Å²) in [5, 5.41) is 3.28. The zero-order valence-corrected chi connectivity index (χ0v) is 10.00. The minimum atomic E-state index is -0.159. The molecule has 88 valence electrons. The van der Waals surface area contributed by atoms with Crippen molar-refractivity contribution in [3.05, 3.63) is 35.9 Å². The molecule has 2 rings (SSSR count). The third kappa shape index (κ3) is 2.74. The van der Waals surface area contributed by atoms with Gasteiger partial charge in [-0.05, 0) is 18.4 Å². The second kappa shape index (κ2) is 5.87. The fourth-order valence-corrected chi connectivity index (χ4v) is 2.02. The highest BCUT2D eigenvalue weighted by atomic mass is 35.5. The molecule has 16 heavy (non-hydrogen) atoms. The minimum absolute atomic E-state index is 0. The Bertz CT molecular complexity index is 342. The number of carbonyl (C=O) groups is 1. The molecule has 4 heteroatoms. The maximum atomic E-state index is 11.3. The largest absolute Gasteiger partial charge is 0.468 e. The number of halogens is 1. The van der Waals surface area contributed by atoms with Crippen molar-refractivity contribution in [3.63, 3.8) is 0 Å². The van der Waals surface area contributed by atoms with Crippen molar-refractivity contribution in [1.29, 1.82) is 0 Å². The number of hydrogen-bond acceptors (Lipinski definition) is 3. The van der Waals surface area contributed by atoms with Gasteiger partial charge in [0.15, 0.2) is 0 Å². The molecular formula is C12H16ClNO2. The van der Waals surface area contributed by atoms with Crippen LogP contribution in [0.2, 0.25) is 0 Å². The first kappa shape index (κ1) is 13.0. The number of ether oxygens (including phenoxy) is 1. The summed E-state index contributed by atoms with van der Waals surface area (Å²) in [6.45, 7) is 0. The van der Waals surface area contributed by atoms with Gasteiger partial charge in [0, 0.05) is 6.04 Å². The van der Waals surface area contributed by atoms with Crippen LogP contribution >= 0.6 is 12.4 Å². The van der Waals surface area contributed by atoms with Gasteiger partial charge in [0.2, 0.25) is 0 Å². The van der Waals surface area contributed by atoms with Crippen LogP contribution in [0.1, 0.15) is 24.4 Å². The fraction of sp³-hybridized carbons (Fsp3) is 0.417. The van der Waals surface area contributed by atoms with Gasteiger partial charge in [-0.1, -0.05) is 30.3 Å². The van der Waals surface area contributed by atoms with E-state index in [2.05, 4.69) is 17.4 Å². The summed E-state index contributed by atoms with van der Waals surface area (Å²) in [4.78, 5) is 11.3. The topological polar surface area (TPSA) is 38.3 Å². The van der Waals surface area contributed by atoms with Crippen molar-refractivity contribution < 1.29 is 9.53 Å². The predicted octanol–water partition coefficient (Wildman–Crippen LogP) is 2.07. The molecule has 1 N–H and O–H groups in total. The van der Waals surface area contributed by atoms with Crippen molar-refractivity contribution in [3.8, 4) is 0 Å². The van der Waals surface area contributed by atoms with Crippen LogP contribution < -0.4 is 5.32 Å². The van der Waals surface area contributed by atoms with Gasteiger partial charge in [0.05, 0.1) is 7.11 Å². The van der Waals surface area contributed by atoms with Gasteiger partial charge in [-0.15, -0.1) is 12.4 Å². The zero-order valence-electron chi connectivity index (χ0n) is 9.18. The van der Waals surface area contributed by atoms with E-state index in [0.29, 0.717) is 0 Å². The van der Waals surface area contributed by atoms with Crippen LogP contribution in [-0.2, 0) is 9.53 Å². The number of rotatable bonds is 2. The summed E-state index contributed by atoms with van der Waals surface area (Å²) in [6, 6.07) is 10.3. The Labute approximate surface area is 102 Å². The van der Waals surface area contributed by atoms with Crippen LogP contribution in [0, 0.1) is 0 Å². The molecule has 0 bridgehead atoms. The molecule has 1 aliphatic heterocycles. The lowest BCUT2D eigenvalue weighted by molar-refractivity contribution is -0.142. The van der Waals surface area contributed by atoms with Gasteiger partial charge in [-0.3, -0.25) is 10.1 Å². The molecule has 1 aromatic carbocycles. The maximum Gasteiger partial charge on any atom is 0.322 e. The Morgan fingerprint density at radius 1 is 1.31 bits per heavy atom. The first-order chi connectivity index (χ1) is 7.31. The molecule has 0 aromatic heterocycles. The summed E-state index contributed by atoms with van der Waals surface area (Å²) in [7, 11) is 1.43. The Morgan fingerprint density at radius 3 is 2.62 bits per heavy atom. The fourth-order valence-electron chi connectivity index (χ4n) is 2.02. The van der Waals surface area contributed by atoms with Crippen molar-refractivity contribution in [2.45, 2.75) is 24.9 Å². The molecule has 1 aliphatic rings. The SMILES string of the molecule is COC(=O)[C@H]1CC[C@H](c2ccccc2)N1.Cl. The van der Waals surface area contributed by atoms with E-state index in [4.69, 9.17) is 4.74 Å². The molecule has 0 unspecified atom stereocenters. The molecule has 1 fully saturated rings. The van der Waals surface area contributed by atoms with E-state index in [1.165, 1.54) is 12.7 Å². The van der Waals surface area contributed by atoms with Crippen LogP contribution in [0.5, 0.6) is 0 Å². The summed E-state index contributed by atoms with van der Waals surface area (Å²) < 4.78 is 4.72. The van der Waals surface area contributed by atoms with Gasteiger partial charge in [-0.25, -0.2) is 0 Å². The second-order valence-electron chi connectivity index (χ2n) is 3.78. The lowest BCUT2D eigenvalue weighted by Gasteiger charge is -2.12. The Hall–Kier alpha value is -1.06. The van der Waals surface area contributed by atoms with Crippen LogP contribution in [0.25, 0.3) is 0 Å². The van der Waals surface area contributed by atoms with Gasteiger partial charge >= 0.3 is 5.97 Å². The van der Waals surface area contributed by atoms with Crippen molar-refractivity contribution in [1.82, 2.24) is 5.32 Å². The van der Waals surface area contributed by atoms with Crippen LogP contribution in [0.4, 0.5) is 0 Å². The third-order valence-electron chi connectivity index (χ3n) is 2.83. The highest BCUT2D eigenvalue weighted by molar-refractivity contribution is 5.85. The summed E-state index contributed by atoms with van der Waals surface area (Å²) in [5.41, 5.74) is 1.24. The third-order valence-corrected chi connectivity index (χ3v) is 2.83. The quantitative estimate of drug-likeness (QED) is 0.806. The summed E-state index contributed by atoms with van der Waals surface area (Å²) in [5.74, 6) is -0.159. The predicted molar refractivity (Wildman–Crippen MR) is 64.6 cm³/mol. The Kier molecular flexibility index (Phi) is 4.77. The van der Waals surface area contributed by atoms with E-state index in [9.17, 15) is 4.79 Å². The van der Waals surface area contributed by atoms with E-state index >= 15 is 0 Å². The minimum Gasteiger partial charge on any atom is -0.468 e. The summed E-state index contributed by atoms with van der Waals surface area (Å²) in [6.07, 6.45) is 1.84. The van der Waals surface area contributed by atoms with E-state index in [-0.39, 0.29) is 30.5 Å². The number of methoxy groups -OCH3 is 1. The number of hydrogen-bond donors (Lipinski definition) is 1. The van der Waals surface area contributed by atoms with Crippen molar-refractivity contribution in [2.75, 3.05) is 7.11 Å². The number of benzene rings is 1. The molecule has 1 saturated heterocycles. The molecule has 0 saturated carbocycles. The second-order valence-corrected chi connectivity index (χ2v) is 3.78. The molecule has 1 aromatic rings. The molecule has 0 radical (unpaired) electrons.